The first-order chi connectivity index (χ1) is 11.5. The number of ether oxygens (including phenoxy) is 1. The number of benzene rings is 2. The molecule has 4 nitrogen and oxygen atoms in total. The number of hydrogen-bond donors (Lipinski definition) is 0. The number of aryl methyl sites for hydroxylation is 1. The molecule has 0 amide bonds. The molecule has 130 valence electrons. The molecule has 0 aliphatic carbocycles. The number of rotatable bonds is 9. The minimum absolute atomic E-state index is 0. The van der Waals surface area contributed by atoms with Gasteiger partial charge in [0.2, 0.25) is 0 Å². The van der Waals surface area contributed by atoms with Gasteiger partial charge in [-0.15, -0.1) is 0 Å². The van der Waals surface area contributed by atoms with Crippen LogP contribution in [0.1, 0.15) is 44.6 Å². The van der Waals surface area contributed by atoms with Crippen LogP contribution in [0.25, 0.3) is 0 Å². The van der Waals surface area contributed by atoms with Crippen LogP contribution in [0.15, 0.2) is 53.4 Å². The third-order valence-electron chi connectivity index (χ3n) is 3.78. The minimum Gasteiger partial charge on any atom is -0.744 e. The zero-order chi connectivity index (χ0) is 17.4. The molecule has 0 aliphatic heterocycles. The Morgan fingerprint density at radius 2 is 1.60 bits per heavy atom. The van der Waals surface area contributed by atoms with Gasteiger partial charge in [0.25, 0.3) is 0 Å². The molecular weight excluding hydrogens is 347 g/mol. The van der Waals surface area contributed by atoms with E-state index in [1.165, 1.54) is 31.4 Å². The summed E-state index contributed by atoms with van der Waals surface area (Å²) in [6.45, 7) is 2.16. The van der Waals surface area contributed by atoms with Crippen molar-refractivity contribution in [2.45, 2.75) is 50.3 Å². The van der Waals surface area contributed by atoms with E-state index in [0.717, 1.165) is 24.8 Å². The first kappa shape index (κ1) is 22.2. The molecule has 0 aromatic heterocycles. The van der Waals surface area contributed by atoms with E-state index in [2.05, 4.69) is 6.92 Å². The number of hydrogen-bond acceptors (Lipinski definition) is 4. The standard InChI is InChI=1S/C19H24O4S.Na/c1-2-3-4-5-7-10-16-13-18(15-19(14-16)24(20,21)22)23-17-11-8-6-9-12-17;/h6,8-9,11-15H,2-5,7,10H2,1H3,(H,20,21,22);/q;+1/p-1. The van der Waals surface area contributed by atoms with Gasteiger partial charge in [0, 0.05) is 0 Å². The fraction of sp³-hybridized carbons (Fsp3) is 0.368. The van der Waals surface area contributed by atoms with Gasteiger partial charge in [-0.2, -0.15) is 0 Å². The molecule has 25 heavy (non-hydrogen) atoms. The van der Waals surface area contributed by atoms with E-state index < -0.39 is 10.1 Å². The third kappa shape index (κ3) is 7.92. The Morgan fingerprint density at radius 3 is 2.24 bits per heavy atom. The van der Waals surface area contributed by atoms with Gasteiger partial charge in [0.05, 0.1) is 4.90 Å². The fourth-order valence-corrected chi connectivity index (χ4v) is 3.09. The molecule has 0 saturated carbocycles. The maximum absolute atomic E-state index is 11.4. The Balaban J connectivity index is 0.00000312. The summed E-state index contributed by atoms with van der Waals surface area (Å²) in [6, 6.07) is 13.6. The molecule has 2 rings (SSSR count). The Morgan fingerprint density at radius 1 is 0.920 bits per heavy atom. The summed E-state index contributed by atoms with van der Waals surface area (Å²) in [6.07, 6.45) is 6.35. The number of para-hydroxylation sites is 1. The summed E-state index contributed by atoms with van der Waals surface area (Å²) in [7, 11) is -4.51. The van der Waals surface area contributed by atoms with E-state index in [9.17, 15) is 13.0 Å². The van der Waals surface area contributed by atoms with Gasteiger partial charge in [-0.3, -0.25) is 0 Å². The summed E-state index contributed by atoms with van der Waals surface area (Å²) in [5.74, 6) is 0.980. The van der Waals surface area contributed by atoms with Crippen LogP contribution in [0.2, 0.25) is 0 Å². The van der Waals surface area contributed by atoms with E-state index in [0.29, 0.717) is 11.5 Å². The van der Waals surface area contributed by atoms with Gasteiger partial charge >= 0.3 is 29.6 Å². The minimum atomic E-state index is -4.51. The summed E-state index contributed by atoms with van der Waals surface area (Å²) >= 11 is 0. The van der Waals surface area contributed by atoms with Crippen LogP contribution in [0.4, 0.5) is 0 Å². The molecule has 2 aromatic carbocycles. The van der Waals surface area contributed by atoms with Crippen molar-refractivity contribution in [2.75, 3.05) is 0 Å². The molecule has 0 aliphatic rings. The van der Waals surface area contributed by atoms with Crippen LogP contribution in [0, 0.1) is 0 Å². The van der Waals surface area contributed by atoms with Crippen LogP contribution in [-0.4, -0.2) is 13.0 Å². The Bertz CT molecular complexity index is 745. The van der Waals surface area contributed by atoms with Gasteiger partial charge in [0.1, 0.15) is 21.6 Å². The van der Waals surface area contributed by atoms with Crippen molar-refractivity contribution in [1.82, 2.24) is 0 Å². The fourth-order valence-electron chi connectivity index (χ4n) is 2.54. The Hall–Kier alpha value is -0.850. The van der Waals surface area contributed by atoms with Gasteiger partial charge in [-0.25, -0.2) is 8.42 Å². The molecule has 0 atom stereocenters. The van der Waals surface area contributed by atoms with Crippen molar-refractivity contribution < 1.29 is 47.3 Å². The molecular formula is C19H23NaO4S. The van der Waals surface area contributed by atoms with Gasteiger partial charge in [-0.05, 0) is 48.7 Å². The smallest absolute Gasteiger partial charge is 0.744 e. The van der Waals surface area contributed by atoms with E-state index >= 15 is 0 Å². The average molecular weight is 370 g/mol. The van der Waals surface area contributed by atoms with Crippen molar-refractivity contribution in [2.24, 2.45) is 0 Å². The van der Waals surface area contributed by atoms with Crippen molar-refractivity contribution in [1.29, 1.82) is 0 Å². The first-order valence-electron chi connectivity index (χ1n) is 8.32. The monoisotopic (exact) mass is 370 g/mol. The molecule has 0 unspecified atom stereocenters. The largest absolute Gasteiger partial charge is 1.00 e. The third-order valence-corrected chi connectivity index (χ3v) is 4.59. The predicted octanol–water partition coefficient (Wildman–Crippen LogP) is 1.90. The van der Waals surface area contributed by atoms with Gasteiger partial charge in [-0.1, -0.05) is 50.8 Å². The van der Waals surface area contributed by atoms with E-state index in [4.69, 9.17) is 4.74 Å². The van der Waals surface area contributed by atoms with Crippen molar-refractivity contribution in [3.63, 3.8) is 0 Å². The average Bonchev–Trinajstić information content (AvgIpc) is 2.55. The van der Waals surface area contributed by atoms with E-state index in [1.54, 1.807) is 12.1 Å². The van der Waals surface area contributed by atoms with Crippen molar-refractivity contribution in [3.8, 4) is 11.5 Å². The Kier molecular flexibility index (Phi) is 9.75. The van der Waals surface area contributed by atoms with E-state index in [-0.39, 0.29) is 34.5 Å². The Labute approximate surface area is 172 Å². The molecule has 0 spiro atoms. The zero-order valence-corrected chi connectivity index (χ0v) is 17.7. The molecule has 0 fully saturated rings. The maximum Gasteiger partial charge on any atom is 1.00 e. The quantitative estimate of drug-likeness (QED) is 0.384. The predicted molar refractivity (Wildman–Crippen MR) is 93.4 cm³/mol. The molecule has 2 aromatic rings. The van der Waals surface area contributed by atoms with Crippen LogP contribution in [-0.2, 0) is 16.5 Å². The van der Waals surface area contributed by atoms with Crippen molar-refractivity contribution in [3.05, 3.63) is 54.1 Å². The maximum atomic E-state index is 11.4. The van der Waals surface area contributed by atoms with Gasteiger partial charge in [0.15, 0.2) is 0 Å². The first-order valence-corrected chi connectivity index (χ1v) is 9.72. The second kappa shape index (κ2) is 11.0. The van der Waals surface area contributed by atoms with E-state index in [1.807, 2.05) is 24.3 Å². The molecule has 0 radical (unpaired) electrons. The van der Waals surface area contributed by atoms with Crippen molar-refractivity contribution >= 4 is 10.1 Å². The molecule has 0 bridgehead atoms. The SMILES string of the molecule is CCCCCCCc1cc(Oc2ccccc2)cc(S(=O)(=O)[O-])c1.[Na+]. The van der Waals surface area contributed by atoms with Crippen LogP contribution >= 0.6 is 0 Å². The summed E-state index contributed by atoms with van der Waals surface area (Å²) in [4.78, 5) is -0.237. The van der Waals surface area contributed by atoms with Crippen LogP contribution in [0.3, 0.4) is 0 Å². The summed E-state index contributed by atoms with van der Waals surface area (Å²) < 4.78 is 39.9. The number of unbranched alkanes of at least 4 members (excludes halogenated alkanes) is 4. The molecule has 0 saturated heterocycles. The van der Waals surface area contributed by atoms with Gasteiger partial charge < -0.3 is 9.29 Å². The van der Waals surface area contributed by atoms with Crippen LogP contribution < -0.4 is 34.3 Å². The second-order valence-electron chi connectivity index (χ2n) is 5.85. The molecule has 0 heterocycles. The molecule has 6 heteroatoms. The topological polar surface area (TPSA) is 66.4 Å². The van der Waals surface area contributed by atoms with Crippen LogP contribution in [0.5, 0.6) is 11.5 Å². The second-order valence-corrected chi connectivity index (χ2v) is 7.23. The summed E-state index contributed by atoms with van der Waals surface area (Å²) in [5.41, 5.74) is 0.814. The zero-order valence-electron chi connectivity index (χ0n) is 14.9. The molecule has 0 N–H and O–H groups in total. The normalized spacial score (nSPS) is 11.0. The summed E-state index contributed by atoms with van der Waals surface area (Å²) in [5, 5.41) is 0.